The average Bonchev–Trinajstić information content (AvgIpc) is 3.08. The van der Waals surface area contributed by atoms with Crippen molar-refractivity contribution in [1.82, 2.24) is 4.90 Å². The second-order valence-corrected chi connectivity index (χ2v) is 9.27. The van der Waals surface area contributed by atoms with Crippen molar-refractivity contribution < 1.29 is 19.1 Å². The van der Waals surface area contributed by atoms with Gasteiger partial charge in [0.2, 0.25) is 0 Å². The van der Waals surface area contributed by atoms with Crippen molar-refractivity contribution in [3.63, 3.8) is 0 Å². The van der Waals surface area contributed by atoms with Crippen molar-refractivity contribution in [1.29, 1.82) is 0 Å². The lowest BCUT2D eigenvalue weighted by Crippen LogP contribution is -2.27. The number of rotatable bonds is 8. The van der Waals surface area contributed by atoms with Crippen LogP contribution in [0.3, 0.4) is 0 Å². The number of imide groups is 1. The van der Waals surface area contributed by atoms with E-state index in [1.807, 2.05) is 37.3 Å². The van der Waals surface area contributed by atoms with Crippen molar-refractivity contribution in [3.05, 3.63) is 98.4 Å². The molecule has 174 valence electrons. The van der Waals surface area contributed by atoms with E-state index in [4.69, 9.17) is 32.7 Å². The highest BCUT2D eigenvalue weighted by Crippen LogP contribution is 2.39. The molecule has 0 aromatic heterocycles. The Morgan fingerprint density at radius 2 is 1.68 bits per heavy atom. The second-order valence-electron chi connectivity index (χ2n) is 7.43. The third kappa shape index (κ3) is 5.76. The first kappa shape index (κ1) is 24.2. The minimum Gasteiger partial charge on any atom is -0.490 e. The first-order chi connectivity index (χ1) is 16.4. The minimum absolute atomic E-state index is 0.177. The summed E-state index contributed by atoms with van der Waals surface area (Å²) in [5, 5.41) is 0.620. The molecule has 1 heterocycles. The Morgan fingerprint density at radius 1 is 0.941 bits per heavy atom. The molecule has 1 fully saturated rings. The lowest BCUT2D eigenvalue weighted by molar-refractivity contribution is -0.123. The first-order valence-electron chi connectivity index (χ1n) is 10.6. The number of ether oxygens (including phenoxy) is 2. The summed E-state index contributed by atoms with van der Waals surface area (Å²) in [6, 6.07) is 20.2. The topological polar surface area (TPSA) is 55.8 Å². The van der Waals surface area contributed by atoms with Gasteiger partial charge in [-0.2, -0.15) is 0 Å². The number of benzene rings is 3. The summed E-state index contributed by atoms with van der Waals surface area (Å²) in [5.74, 6) is 0.543. The summed E-state index contributed by atoms with van der Waals surface area (Å²) in [6.07, 6.45) is 1.64. The molecule has 8 heteroatoms. The third-order valence-electron chi connectivity index (χ3n) is 4.98. The standard InChI is InChI=1S/C26H21Cl2NO4S/c1-2-32-22-13-19(12-21(28)24(22)33-16-18-6-4-3-5-7-18)14-23-25(30)29(26(31)34-23)15-17-8-10-20(27)11-9-17/h3-14H,2,15-16H2,1H3/b23-14-. The second kappa shape index (κ2) is 11.0. The van der Waals surface area contributed by atoms with Crippen molar-refractivity contribution in [2.24, 2.45) is 0 Å². The van der Waals surface area contributed by atoms with Gasteiger partial charge in [-0.1, -0.05) is 65.7 Å². The lowest BCUT2D eigenvalue weighted by Gasteiger charge is -2.15. The van der Waals surface area contributed by atoms with Crippen LogP contribution in [-0.2, 0) is 17.9 Å². The quantitative estimate of drug-likeness (QED) is 0.298. The summed E-state index contributed by atoms with van der Waals surface area (Å²) in [5.41, 5.74) is 2.45. The van der Waals surface area contributed by atoms with Crippen molar-refractivity contribution in [2.75, 3.05) is 6.61 Å². The van der Waals surface area contributed by atoms with Gasteiger partial charge in [0.15, 0.2) is 11.5 Å². The van der Waals surface area contributed by atoms with Crippen molar-refractivity contribution >= 4 is 52.2 Å². The van der Waals surface area contributed by atoms with E-state index in [1.165, 1.54) is 4.90 Å². The molecule has 4 rings (SSSR count). The molecule has 2 amide bonds. The number of carbonyl (C=O) groups is 2. The van der Waals surface area contributed by atoms with Crippen molar-refractivity contribution in [3.8, 4) is 11.5 Å². The van der Waals surface area contributed by atoms with Gasteiger partial charge in [-0.05, 0) is 65.7 Å². The molecule has 0 unspecified atom stereocenters. The first-order valence-corrected chi connectivity index (χ1v) is 12.1. The number of thioether (sulfide) groups is 1. The third-order valence-corrected chi connectivity index (χ3v) is 6.42. The number of halogens is 2. The molecule has 1 saturated heterocycles. The van der Waals surface area contributed by atoms with Crippen molar-refractivity contribution in [2.45, 2.75) is 20.1 Å². The van der Waals surface area contributed by atoms with Crippen LogP contribution in [0.4, 0.5) is 4.79 Å². The molecule has 5 nitrogen and oxygen atoms in total. The average molecular weight is 514 g/mol. The predicted molar refractivity (Wildman–Crippen MR) is 136 cm³/mol. The van der Waals surface area contributed by atoms with E-state index in [9.17, 15) is 9.59 Å². The zero-order valence-corrected chi connectivity index (χ0v) is 20.6. The fourth-order valence-electron chi connectivity index (χ4n) is 3.36. The monoisotopic (exact) mass is 513 g/mol. The predicted octanol–water partition coefficient (Wildman–Crippen LogP) is 7.21. The molecule has 3 aromatic rings. The van der Waals surface area contributed by atoms with E-state index in [-0.39, 0.29) is 17.7 Å². The highest BCUT2D eigenvalue weighted by molar-refractivity contribution is 8.18. The zero-order chi connectivity index (χ0) is 24.1. The number of nitrogens with zero attached hydrogens (tertiary/aromatic N) is 1. The van der Waals surface area contributed by atoms with E-state index >= 15 is 0 Å². The Hall–Kier alpha value is -2.93. The molecule has 1 aliphatic heterocycles. The number of carbonyl (C=O) groups excluding carboxylic acids is 2. The largest absolute Gasteiger partial charge is 0.490 e. The SMILES string of the molecule is CCOc1cc(/C=C2\SC(=O)N(Cc3ccc(Cl)cc3)C2=O)cc(Cl)c1OCc1ccccc1. The molecule has 34 heavy (non-hydrogen) atoms. The van der Waals surface area contributed by atoms with Gasteiger partial charge in [0.25, 0.3) is 11.1 Å². The van der Waals surface area contributed by atoms with Gasteiger partial charge in [-0.3, -0.25) is 14.5 Å². The zero-order valence-electron chi connectivity index (χ0n) is 18.3. The highest BCUT2D eigenvalue weighted by atomic mass is 35.5. The van der Waals surface area contributed by atoms with Crippen LogP contribution in [0.15, 0.2) is 71.6 Å². The van der Waals surface area contributed by atoms with Crippen LogP contribution in [0.2, 0.25) is 10.0 Å². The molecule has 0 atom stereocenters. The van der Waals surface area contributed by atoms with Crippen LogP contribution in [0.25, 0.3) is 6.08 Å². The Morgan fingerprint density at radius 3 is 2.38 bits per heavy atom. The van der Waals surface area contributed by atoms with Gasteiger partial charge in [0.1, 0.15) is 6.61 Å². The Balaban J connectivity index is 1.55. The fraction of sp³-hybridized carbons (Fsp3) is 0.154. The van der Waals surface area contributed by atoms with Gasteiger partial charge in [0, 0.05) is 5.02 Å². The summed E-state index contributed by atoms with van der Waals surface area (Å²) in [7, 11) is 0. The van der Waals surface area contributed by atoms with E-state index in [2.05, 4.69) is 0 Å². The summed E-state index contributed by atoms with van der Waals surface area (Å²) in [4.78, 5) is 26.9. The molecule has 0 bridgehead atoms. The molecular formula is C26H21Cl2NO4S. The molecule has 0 saturated carbocycles. The Bertz CT molecular complexity index is 1230. The van der Waals surface area contributed by atoms with Gasteiger partial charge in [-0.15, -0.1) is 0 Å². The number of hydrogen-bond acceptors (Lipinski definition) is 5. The van der Waals surface area contributed by atoms with Crippen LogP contribution < -0.4 is 9.47 Å². The molecule has 1 aliphatic rings. The molecule has 0 spiro atoms. The number of amides is 2. The highest BCUT2D eigenvalue weighted by Gasteiger charge is 2.35. The van der Waals surface area contributed by atoms with Crippen LogP contribution in [0, 0.1) is 0 Å². The summed E-state index contributed by atoms with van der Waals surface area (Å²) >= 11 is 13.3. The van der Waals surface area contributed by atoms with E-state index in [0.29, 0.717) is 45.2 Å². The summed E-state index contributed by atoms with van der Waals surface area (Å²) in [6.45, 7) is 2.79. The molecular weight excluding hydrogens is 493 g/mol. The van der Waals surface area contributed by atoms with Crippen LogP contribution in [-0.4, -0.2) is 22.7 Å². The normalized spacial score (nSPS) is 14.7. The molecule has 0 aliphatic carbocycles. The summed E-state index contributed by atoms with van der Waals surface area (Å²) < 4.78 is 11.7. The smallest absolute Gasteiger partial charge is 0.293 e. The number of hydrogen-bond donors (Lipinski definition) is 0. The van der Waals surface area contributed by atoms with E-state index < -0.39 is 0 Å². The maximum Gasteiger partial charge on any atom is 0.293 e. The van der Waals surface area contributed by atoms with Crippen LogP contribution in [0.1, 0.15) is 23.6 Å². The Kier molecular flexibility index (Phi) is 7.83. The van der Waals surface area contributed by atoms with Crippen LogP contribution in [0.5, 0.6) is 11.5 Å². The van der Waals surface area contributed by atoms with Crippen LogP contribution >= 0.6 is 35.0 Å². The van der Waals surface area contributed by atoms with Gasteiger partial charge >= 0.3 is 0 Å². The molecule has 0 radical (unpaired) electrons. The van der Waals surface area contributed by atoms with E-state index in [1.54, 1.807) is 42.5 Å². The fourth-order valence-corrected chi connectivity index (χ4v) is 4.60. The lowest BCUT2D eigenvalue weighted by atomic mass is 10.1. The van der Waals surface area contributed by atoms with Gasteiger partial charge in [0.05, 0.1) is 23.1 Å². The van der Waals surface area contributed by atoms with E-state index in [0.717, 1.165) is 22.9 Å². The van der Waals surface area contributed by atoms with Gasteiger partial charge < -0.3 is 9.47 Å². The maximum atomic E-state index is 12.9. The molecule has 0 N–H and O–H groups in total. The molecule has 3 aromatic carbocycles. The minimum atomic E-state index is -0.358. The van der Waals surface area contributed by atoms with Gasteiger partial charge in [-0.25, -0.2) is 0 Å². The maximum absolute atomic E-state index is 12.9. The Labute approximate surface area is 212 Å².